The lowest BCUT2D eigenvalue weighted by Gasteiger charge is -2.39. The molecular formula is C62H74ClF3N4O9S2. The average Bonchev–Trinajstić information content (AvgIpc) is 3.66. The van der Waals surface area contributed by atoms with Crippen LogP contribution in [0, 0.1) is 11.3 Å². The van der Waals surface area contributed by atoms with Gasteiger partial charge in [0.15, 0.2) is 0 Å². The van der Waals surface area contributed by atoms with Gasteiger partial charge in [0.25, 0.3) is 15.7 Å². The summed E-state index contributed by atoms with van der Waals surface area (Å²) in [6, 6.07) is 35.8. The summed E-state index contributed by atoms with van der Waals surface area (Å²) < 4.78 is 88.5. The third kappa shape index (κ3) is 15.6. The molecule has 6 atom stereocenters. The van der Waals surface area contributed by atoms with E-state index < -0.39 is 56.9 Å². The molecule has 0 radical (unpaired) electrons. The van der Waals surface area contributed by atoms with Gasteiger partial charge >= 0.3 is 5.51 Å². The Morgan fingerprint density at radius 3 is 2.17 bits per heavy atom. The number of nitrogens with zero attached hydrogens (tertiary/aromatic N) is 4. The van der Waals surface area contributed by atoms with Crippen LogP contribution in [0.25, 0.3) is 5.57 Å². The minimum Gasteiger partial charge on any atom is -0.462 e. The summed E-state index contributed by atoms with van der Waals surface area (Å²) in [5, 5.41) is 31.8. The fraction of sp³-hybridized carbons (Fsp3) is 0.468. The van der Waals surface area contributed by atoms with Crippen molar-refractivity contribution in [1.29, 1.82) is 0 Å². The topological polar surface area (TPSA) is 153 Å². The molecule has 3 N–H and O–H groups in total. The van der Waals surface area contributed by atoms with E-state index in [1.54, 1.807) is 61.2 Å². The van der Waals surface area contributed by atoms with Crippen molar-refractivity contribution in [3.8, 4) is 5.75 Å². The first-order valence-corrected chi connectivity index (χ1v) is 30.7. The maximum atomic E-state index is 14.8. The minimum absolute atomic E-state index is 0.0376. The first kappa shape index (κ1) is 60.6. The molecule has 9 rings (SSSR count). The Balaban J connectivity index is 0.950. The number of hydrogen-bond donors (Lipinski definition) is 3. The van der Waals surface area contributed by atoms with Gasteiger partial charge < -0.3 is 39.3 Å². The first-order valence-electron chi connectivity index (χ1n) is 27.9. The number of benzene rings is 5. The molecule has 4 aliphatic rings. The Hall–Kier alpha value is -4.99. The monoisotopic (exact) mass is 1170 g/mol. The van der Waals surface area contributed by atoms with Crippen molar-refractivity contribution >= 4 is 50.4 Å². The normalized spacial score (nSPS) is 22.6. The van der Waals surface area contributed by atoms with Gasteiger partial charge in [-0.25, -0.2) is 8.42 Å². The third-order valence-electron chi connectivity index (χ3n) is 16.1. The predicted molar refractivity (Wildman–Crippen MR) is 310 cm³/mol. The van der Waals surface area contributed by atoms with E-state index in [9.17, 15) is 41.7 Å². The van der Waals surface area contributed by atoms with Crippen molar-refractivity contribution in [2.24, 2.45) is 11.3 Å². The van der Waals surface area contributed by atoms with Crippen LogP contribution in [0.3, 0.4) is 0 Å². The minimum atomic E-state index is -5.85. The van der Waals surface area contributed by atoms with E-state index in [1.807, 2.05) is 54.6 Å². The third-order valence-corrected chi connectivity index (χ3v) is 19.1. The molecule has 13 nitrogen and oxygen atoms in total. The van der Waals surface area contributed by atoms with E-state index >= 15 is 0 Å². The summed E-state index contributed by atoms with van der Waals surface area (Å²) >= 11 is 7.84. The fourth-order valence-corrected chi connectivity index (χ4v) is 13.5. The fourth-order valence-electron chi connectivity index (χ4n) is 11.3. The van der Waals surface area contributed by atoms with Crippen molar-refractivity contribution in [1.82, 2.24) is 14.7 Å². The predicted octanol–water partition coefficient (Wildman–Crippen LogP) is 10.1. The summed E-state index contributed by atoms with van der Waals surface area (Å²) in [4.78, 5) is 23.5. The zero-order chi connectivity index (χ0) is 57.5. The number of allylic oxidation sites excluding steroid dienone is 1. The number of hydrogen-bond acceptors (Lipinski definition) is 13. The summed E-state index contributed by atoms with van der Waals surface area (Å²) in [7, 11) is -5.85. The smallest absolute Gasteiger partial charge is 0.462 e. The molecule has 5 aromatic carbocycles. The van der Waals surface area contributed by atoms with Crippen LogP contribution in [-0.4, -0.2) is 152 Å². The molecule has 0 spiro atoms. The second kappa shape index (κ2) is 26.7. The lowest BCUT2D eigenvalue weighted by molar-refractivity contribution is -0.268. The first-order chi connectivity index (χ1) is 38.7. The quantitative estimate of drug-likeness (QED) is 0.0635. The molecule has 3 fully saturated rings. The van der Waals surface area contributed by atoms with E-state index in [-0.39, 0.29) is 47.7 Å². The number of rotatable bonds is 20. The number of morpholine rings is 1. The zero-order valence-electron chi connectivity index (χ0n) is 46.1. The van der Waals surface area contributed by atoms with Crippen molar-refractivity contribution < 1.29 is 55.9 Å². The SMILES string of the molecule is C[C@@H]1O[C@@H](Oc2ccc(CN(Cc3ccc(CC(CCN4CCOCC4)CSc4ccccc4)c(S(=O)(=O)C(F)(F)F)c3)C(=O)c3ccc(N4CCN(CC5=C(c6ccc(Cl)cc6)CCC(C)(C)C5)CC4)cc3)cc2)[C@@H](O)[C@H](O)[C@@H]1O. The lowest BCUT2D eigenvalue weighted by atomic mass is 9.73. The lowest BCUT2D eigenvalue weighted by Crippen LogP contribution is -2.58. The zero-order valence-corrected chi connectivity index (χ0v) is 48.5. The van der Waals surface area contributed by atoms with Crippen LogP contribution in [0.4, 0.5) is 18.9 Å². The Morgan fingerprint density at radius 1 is 0.827 bits per heavy atom. The van der Waals surface area contributed by atoms with Gasteiger partial charge in [-0.3, -0.25) is 14.6 Å². The van der Waals surface area contributed by atoms with Gasteiger partial charge in [-0.15, -0.1) is 11.8 Å². The molecule has 1 unspecified atom stereocenters. The van der Waals surface area contributed by atoms with Crippen LogP contribution in [0.5, 0.6) is 5.75 Å². The number of alkyl halides is 3. The molecule has 81 heavy (non-hydrogen) atoms. The Bertz CT molecular complexity index is 3030. The highest BCUT2D eigenvalue weighted by Crippen LogP contribution is 2.43. The van der Waals surface area contributed by atoms with Gasteiger partial charge in [0, 0.05) is 85.8 Å². The molecule has 0 bridgehead atoms. The maximum Gasteiger partial charge on any atom is 0.501 e. The van der Waals surface area contributed by atoms with Crippen LogP contribution in [0.2, 0.25) is 5.02 Å². The highest BCUT2D eigenvalue weighted by atomic mass is 35.5. The number of amides is 1. The summed E-state index contributed by atoms with van der Waals surface area (Å²) in [5.74, 6) is 0.188. The number of aliphatic hydroxyl groups is 3. The van der Waals surface area contributed by atoms with E-state index in [1.165, 1.54) is 27.7 Å². The van der Waals surface area contributed by atoms with Crippen molar-refractivity contribution in [3.05, 3.63) is 160 Å². The molecule has 436 valence electrons. The van der Waals surface area contributed by atoms with Gasteiger partial charge in [-0.1, -0.05) is 85.6 Å². The van der Waals surface area contributed by atoms with Crippen molar-refractivity contribution in [2.75, 3.05) is 76.2 Å². The van der Waals surface area contributed by atoms with Gasteiger partial charge in [-0.2, -0.15) is 13.2 Å². The van der Waals surface area contributed by atoms with Crippen molar-refractivity contribution in [2.45, 2.75) is 112 Å². The molecule has 0 saturated carbocycles. The van der Waals surface area contributed by atoms with E-state index in [4.69, 9.17) is 25.8 Å². The number of thioether (sulfide) groups is 1. The molecule has 1 amide bonds. The number of halogens is 4. The number of carbonyl (C=O) groups excluding carboxylic acids is 1. The molecular weight excluding hydrogens is 1100 g/mol. The number of anilines is 1. The Kier molecular flexibility index (Phi) is 20.0. The second-order valence-corrected chi connectivity index (χ2v) is 26.1. The molecule has 3 aliphatic heterocycles. The Labute approximate surface area is 483 Å². The van der Waals surface area contributed by atoms with Crippen LogP contribution in [0.1, 0.15) is 79.1 Å². The number of piperazine rings is 1. The average molecular weight is 1180 g/mol. The van der Waals surface area contributed by atoms with E-state index in [0.29, 0.717) is 43.1 Å². The molecule has 0 aromatic heterocycles. The summed E-state index contributed by atoms with van der Waals surface area (Å²) in [6.07, 6.45) is -2.61. The summed E-state index contributed by atoms with van der Waals surface area (Å²) in [5.41, 5.74) is 0.864. The van der Waals surface area contributed by atoms with Gasteiger partial charge in [-0.05, 0) is 151 Å². The molecule has 19 heteroatoms. The number of ether oxygens (including phenoxy) is 3. The highest BCUT2D eigenvalue weighted by Gasteiger charge is 2.48. The van der Waals surface area contributed by atoms with Crippen LogP contribution in [-0.2, 0) is 38.8 Å². The van der Waals surface area contributed by atoms with E-state index in [2.05, 4.69) is 40.7 Å². The van der Waals surface area contributed by atoms with E-state index in [0.717, 1.165) is 86.7 Å². The molecule has 3 saturated heterocycles. The highest BCUT2D eigenvalue weighted by molar-refractivity contribution is 7.99. The van der Waals surface area contributed by atoms with Crippen LogP contribution < -0.4 is 9.64 Å². The largest absolute Gasteiger partial charge is 0.501 e. The number of aliphatic hydroxyl groups excluding tert-OH is 3. The molecule has 5 aromatic rings. The number of carbonyl (C=O) groups is 1. The van der Waals surface area contributed by atoms with Crippen LogP contribution >= 0.6 is 23.4 Å². The van der Waals surface area contributed by atoms with Crippen LogP contribution in [0.15, 0.2) is 137 Å². The van der Waals surface area contributed by atoms with Gasteiger partial charge in [0.2, 0.25) is 6.29 Å². The van der Waals surface area contributed by atoms with Gasteiger partial charge in [0.05, 0.1) is 24.2 Å². The number of sulfone groups is 1. The summed E-state index contributed by atoms with van der Waals surface area (Å²) in [6.45, 7) is 13.4. The maximum absolute atomic E-state index is 14.8. The standard InChI is InChI=1S/C62H74ClF3N4O9S2/c1-42-56(71)57(72)58(73)60(78-42)79-52-21-10-43(11-22-52)38-70(59(74)47-15-19-51(20-16-47)69-29-27-68(28-30-69)40-49-37-61(2,3)25-23-54(49)46-13-17-50(63)18-14-46)39-44-9-12-48(55(36-44)81(75,76)62(64,65)66)35-45(24-26-67-31-33-77-34-32-67)41-80-53-7-5-4-6-8-53/h4-22,36,42,45,56-58,60,71-73H,23-35,37-41H2,1-3H3/t42-,45?,56+,57+,58-,60-/m0/s1. The van der Waals surface area contributed by atoms with Gasteiger partial charge in [0.1, 0.15) is 24.1 Å². The molecule has 1 aliphatic carbocycles. The molecule has 3 heterocycles. The second-order valence-electron chi connectivity index (χ2n) is 22.7. The Morgan fingerprint density at radius 2 is 1.49 bits per heavy atom. The van der Waals surface area contributed by atoms with Crippen molar-refractivity contribution in [3.63, 3.8) is 0 Å².